The van der Waals surface area contributed by atoms with Gasteiger partial charge in [0.05, 0.1) is 17.4 Å². The highest BCUT2D eigenvalue weighted by molar-refractivity contribution is 9.10. The molecule has 1 N–H and O–H groups in total. The predicted octanol–water partition coefficient (Wildman–Crippen LogP) is 2.85. The van der Waals surface area contributed by atoms with Gasteiger partial charge in [0.1, 0.15) is 0 Å². The van der Waals surface area contributed by atoms with Gasteiger partial charge in [0.15, 0.2) is 0 Å². The second-order valence-corrected chi connectivity index (χ2v) is 7.66. The Labute approximate surface area is 150 Å². The number of nitrogens with one attached hydrogen (secondary N) is 1. The highest BCUT2D eigenvalue weighted by atomic mass is 79.9. The van der Waals surface area contributed by atoms with Crippen molar-refractivity contribution in [2.75, 3.05) is 19.6 Å². The fourth-order valence-electron chi connectivity index (χ4n) is 3.31. The van der Waals surface area contributed by atoms with Gasteiger partial charge in [0.2, 0.25) is 0 Å². The lowest BCUT2D eigenvalue weighted by Crippen LogP contribution is -2.31. The minimum atomic E-state index is -0.0387. The molecular formula is C18H21BrN4O. The molecule has 4 rings (SSSR count). The lowest BCUT2D eigenvalue weighted by Gasteiger charge is -2.14. The molecule has 1 aliphatic carbocycles. The van der Waals surface area contributed by atoms with E-state index in [-0.39, 0.29) is 5.91 Å². The summed E-state index contributed by atoms with van der Waals surface area (Å²) >= 11 is 3.42. The summed E-state index contributed by atoms with van der Waals surface area (Å²) in [5.41, 5.74) is 1.54. The smallest absolute Gasteiger partial charge is 0.254 e. The Bertz CT molecular complexity index is 723. The first-order valence-corrected chi connectivity index (χ1v) is 9.31. The summed E-state index contributed by atoms with van der Waals surface area (Å²) in [6.45, 7) is 3.07. The first-order chi connectivity index (χ1) is 11.7. The van der Waals surface area contributed by atoms with Gasteiger partial charge in [-0.25, -0.2) is 4.68 Å². The summed E-state index contributed by atoms with van der Waals surface area (Å²) in [6, 6.07) is 8.67. The molecule has 1 aromatic heterocycles. The molecule has 2 aliphatic rings. The Morgan fingerprint density at radius 1 is 1.25 bits per heavy atom. The standard InChI is InChI=1S/C18H21BrN4O/c19-15-1-3-17(4-2-15)23-12-14(10-21-23)18(24)20-9-13-7-8-22(11-13)16-5-6-16/h1-4,10,12-13,16H,5-9,11H2,(H,20,24). The van der Waals surface area contributed by atoms with Gasteiger partial charge in [-0.15, -0.1) is 0 Å². The largest absolute Gasteiger partial charge is 0.352 e. The summed E-state index contributed by atoms with van der Waals surface area (Å²) < 4.78 is 2.75. The molecule has 2 fully saturated rings. The Morgan fingerprint density at radius 3 is 2.79 bits per heavy atom. The molecule has 2 aromatic rings. The molecule has 1 amide bonds. The molecule has 1 unspecified atom stereocenters. The van der Waals surface area contributed by atoms with E-state index in [9.17, 15) is 4.79 Å². The maximum Gasteiger partial charge on any atom is 0.254 e. The van der Waals surface area contributed by atoms with Crippen molar-refractivity contribution in [3.63, 3.8) is 0 Å². The Hall–Kier alpha value is -1.66. The molecule has 1 aromatic carbocycles. The number of aromatic nitrogens is 2. The lowest BCUT2D eigenvalue weighted by molar-refractivity contribution is 0.0947. The average Bonchev–Trinajstić information content (AvgIpc) is 3.13. The van der Waals surface area contributed by atoms with E-state index in [0.29, 0.717) is 11.5 Å². The van der Waals surface area contributed by atoms with Crippen molar-refractivity contribution in [1.82, 2.24) is 20.0 Å². The van der Waals surface area contributed by atoms with Gasteiger partial charge in [-0.05, 0) is 56.0 Å². The zero-order valence-corrected chi connectivity index (χ0v) is 15.1. The van der Waals surface area contributed by atoms with Crippen LogP contribution in [0.5, 0.6) is 0 Å². The van der Waals surface area contributed by atoms with Crippen LogP contribution in [0.3, 0.4) is 0 Å². The average molecular weight is 389 g/mol. The van der Waals surface area contributed by atoms with Gasteiger partial charge in [-0.1, -0.05) is 15.9 Å². The second-order valence-electron chi connectivity index (χ2n) is 6.74. The van der Waals surface area contributed by atoms with Crippen LogP contribution in [0.4, 0.5) is 0 Å². The Balaban J connectivity index is 1.32. The van der Waals surface area contributed by atoms with E-state index in [4.69, 9.17) is 0 Å². The van der Waals surface area contributed by atoms with E-state index in [1.165, 1.54) is 25.8 Å². The molecular weight excluding hydrogens is 368 g/mol. The molecule has 0 radical (unpaired) electrons. The molecule has 0 bridgehead atoms. The minimum Gasteiger partial charge on any atom is -0.352 e. The lowest BCUT2D eigenvalue weighted by atomic mass is 10.1. The van der Waals surface area contributed by atoms with Crippen molar-refractivity contribution in [1.29, 1.82) is 0 Å². The maximum atomic E-state index is 12.3. The van der Waals surface area contributed by atoms with Gasteiger partial charge < -0.3 is 10.2 Å². The summed E-state index contributed by atoms with van der Waals surface area (Å²) in [5.74, 6) is 0.541. The van der Waals surface area contributed by atoms with Gasteiger partial charge >= 0.3 is 0 Å². The third kappa shape index (κ3) is 3.54. The van der Waals surface area contributed by atoms with Crippen LogP contribution in [0.25, 0.3) is 5.69 Å². The van der Waals surface area contributed by atoms with E-state index in [1.54, 1.807) is 17.1 Å². The third-order valence-corrected chi connectivity index (χ3v) is 5.40. The molecule has 5 nitrogen and oxygen atoms in total. The zero-order chi connectivity index (χ0) is 16.5. The number of halogens is 1. The SMILES string of the molecule is O=C(NCC1CCN(C2CC2)C1)c1cnn(-c2ccc(Br)cc2)c1. The molecule has 1 saturated carbocycles. The van der Waals surface area contributed by atoms with Gasteiger partial charge in [-0.2, -0.15) is 5.10 Å². The number of hydrogen-bond acceptors (Lipinski definition) is 3. The van der Waals surface area contributed by atoms with E-state index in [1.807, 2.05) is 24.3 Å². The molecule has 1 atom stereocenters. The molecule has 126 valence electrons. The van der Waals surface area contributed by atoms with E-state index >= 15 is 0 Å². The first-order valence-electron chi connectivity index (χ1n) is 8.52. The normalized spacial score (nSPS) is 21.1. The molecule has 6 heteroatoms. The monoisotopic (exact) mass is 388 g/mol. The van der Waals surface area contributed by atoms with E-state index in [2.05, 4.69) is 31.2 Å². The summed E-state index contributed by atoms with van der Waals surface area (Å²) in [5, 5.41) is 7.36. The van der Waals surface area contributed by atoms with Crippen LogP contribution in [-0.4, -0.2) is 46.3 Å². The van der Waals surface area contributed by atoms with Crippen molar-refractivity contribution in [2.24, 2.45) is 5.92 Å². The topological polar surface area (TPSA) is 50.2 Å². The van der Waals surface area contributed by atoms with Crippen LogP contribution in [0.2, 0.25) is 0 Å². The van der Waals surface area contributed by atoms with E-state index in [0.717, 1.165) is 29.3 Å². The highest BCUT2D eigenvalue weighted by Gasteiger charge is 2.34. The molecule has 0 spiro atoms. The fourth-order valence-corrected chi connectivity index (χ4v) is 3.58. The van der Waals surface area contributed by atoms with Crippen molar-refractivity contribution in [2.45, 2.75) is 25.3 Å². The van der Waals surface area contributed by atoms with Crippen LogP contribution in [0.1, 0.15) is 29.6 Å². The van der Waals surface area contributed by atoms with Gasteiger partial charge in [0, 0.05) is 29.8 Å². The minimum absolute atomic E-state index is 0.0387. The van der Waals surface area contributed by atoms with Crippen LogP contribution in [0, 0.1) is 5.92 Å². The second kappa shape index (κ2) is 6.69. The van der Waals surface area contributed by atoms with Crippen LogP contribution < -0.4 is 5.32 Å². The third-order valence-electron chi connectivity index (χ3n) is 4.87. The summed E-state index contributed by atoms with van der Waals surface area (Å²) in [4.78, 5) is 14.9. The number of benzene rings is 1. The van der Waals surface area contributed by atoms with Crippen LogP contribution in [0.15, 0.2) is 41.1 Å². The highest BCUT2D eigenvalue weighted by Crippen LogP contribution is 2.31. The molecule has 1 aliphatic heterocycles. The number of nitrogens with zero attached hydrogens (tertiary/aromatic N) is 3. The van der Waals surface area contributed by atoms with Crippen molar-refractivity contribution >= 4 is 21.8 Å². The maximum absolute atomic E-state index is 12.3. The molecule has 1 saturated heterocycles. The quantitative estimate of drug-likeness (QED) is 0.856. The number of carbonyl (C=O) groups is 1. The number of carbonyl (C=O) groups excluding carboxylic acids is 1. The predicted molar refractivity (Wildman–Crippen MR) is 96.3 cm³/mol. The van der Waals surface area contributed by atoms with Gasteiger partial charge in [-0.3, -0.25) is 4.79 Å². The number of amides is 1. The van der Waals surface area contributed by atoms with Crippen molar-refractivity contribution in [3.05, 3.63) is 46.7 Å². The zero-order valence-electron chi connectivity index (χ0n) is 13.5. The number of rotatable bonds is 5. The van der Waals surface area contributed by atoms with Crippen LogP contribution in [-0.2, 0) is 0 Å². The summed E-state index contributed by atoms with van der Waals surface area (Å²) in [6.07, 6.45) is 7.31. The number of likely N-dealkylation sites (tertiary alicyclic amines) is 1. The first kappa shape index (κ1) is 15.8. The van der Waals surface area contributed by atoms with Gasteiger partial charge in [0.25, 0.3) is 5.91 Å². The molecule has 2 heterocycles. The van der Waals surface area contributed by atoms with Crippen molar-refractivity contribution < 1.29 is 4.79 Å². The Morgan fingerprint density at radius 2 is 2.04 bits per heavy atom. The Kier molecular flexibility index (Phi) is 4.41. The van der Waals surface area contributed by atoms with Crippen LogP contribution >= 0.6 is 15.9 Å². The van der Waals surface area contributed by atoms with Crippen molar-refractivity contribution in [3.8, 4) is 5.69 Å². The number of hydrogen-bond donors (Lipinski definition) is 1. The van der Waals surface area contributed by atoms with E-state index < -0.39 is 0 Å². The molecule has 24 heavy (non-hydrogen) atoms. The fraction of sp³-hybridized carbons (Fsp3) is 0.444. The summed E-state index contributed by atoms with van der Waals surface area (Å²) in [7, 11) is 0.